The summed E-state index contributed by atoms with van der Waals surface area (Å²) in [5.41, 5.74) is 1.15. The monoisotopic (exact) mass is 508 g/mol. The van der Waals surface area contributed by atoms with Gasteiger partial charge in [0.25, 0.3) is 10.0 Å². The maximum absolute atomic E-state index is 12.9. The van der Waals surface area contributed by atoms with E-state index in [1.54, 1.807) is 48.5 Å². The molecule has 1 unspecified atom stereocenters. The highest BCUT2D eigenvalue weighted by Gasteiger charge is 2.16. The Labute approximate surface area is 205 Å². The molecule has 0 aliphatic carbocycles. The SMILES string of the molecule is Cc1c(Cl)cccc1Oc1ccc(S(=O)(=O)Nc2ccc(Cl)c(OCC(C)N(C)C)c2)cc1. The minimum absolute atomic E-state index is 0.0938. The van der Waals surface area contributed by atoms with Crippen LogP contribution in [-0.4, -0.2) is 40.1 Å². The van der Waals surface area contributed by atoms with Gasteiger partial charge in [-0.3, -0.25) is 4.72 Å². The lowest BCUT2D eigenvalue weighted by Gasteiger charge is -2.20. The van der Waals surface area contributed by atoms with E-state index in [2.05, 4.69) is 4.72 Å². The molecule has 9 heteroatoms. The fourth-order valence-electron chi connectivity index (χ4n) is 2.76. The van der Waals surface area contributed by atoms with Gasteiger partial charge in [-0.2, -0.15) is 0 Å². The quantitative estimate of drug-likeness (QED) is 0.371. The Balaban J connectivity index is 1.72. The predicted molar refractivity (Wildman–Crippen MR) is 134 cm³/mol. The van der Waals surface area contributed by atoms with Crippen molar-refractivity contribution in [3.63, 3.8) is 0 Å². The number of hydrogen-bond donors (Lipinski definition) is 1. The van der Waals surface area contributed by atoms with Crippen molar-refractivity contribution in [2.75, 3.05) is 25.4 Å². The van der Waals surface area contributed by atoms with Gasteiger partial charge in [0.15, 0.2) is 0 Å². The summed E-state index contributed by atoms with van der Waals surface area (Å²) in [6.45, 7) is 4.28. The first kappa shape index (κ1) is 25.2. The number of nitrogens with zero attached hydrogens (tertiary/aromatic N) is 1. The van der Waals surface area contributed by atoms with E-state index in [4.69, 9.17) is 32.7 Å². The smallest absolute Gasteiger partial charge is 0.261 e. The highest BCUT2D eigenvalue weighted by atomic mass is 35.5. The summed E-state index contributed by atoms with van der Waals surface area (Å²) < 4.78 is 39.9. The van der Waals surface area contributed by atoms with E-state index in [1.807, 2.05) is 32.8 Å². The van der Waals surface area contributed by atoms with Crippen LogP contribution >= 0.6 is 23.2 Å². The molecule has 3 aromatic rings. The molecule has 0 saturated heterocycles. The van der Waals surface area contributed by atoms with E-state index >= 15 is 0 Å². The summed E-state index contributed by atoms with van der Waals surface area (Å²) >= 11 is 12.3. The molecule has 0 spiro atoms. The van der Waals surface area contributed by atoms with Gasteiger partial charge >= 0.3 is 0 Å². The van der Waals surface area contributed by atoms with E-state index in [0.717, 1.165) is 5.56 Å². The minimum atomic E-state index is -3.83. The fraction of sp³-hybridized carbons (Fsp3) is 0.250. The van der Waals surface area contributed by atoms with Crippen molar-refractivity contribution in [2.45, 2.75) is 24.8 Å². The molecular weight excluding hydrogens is 483 g/mol. The van der Waals surface area contributed by atoms with Crippen molar-refractivity contribution < 1.29 is 17.9 Å². The molecule has 0 amide bonds. The van der Waals surface area contributed by atoms with E-state index in [1.165, 1.54) is 12.1 Å². The number of sulfonamides is 1. The number of halogens is 2. The van der Waals surface area contributed by atoms with Crippen LogP contribution in [0.25, 0.3) is 0 Å². The standard InChI is InChI=1S/C24H26Cl2N2O4S/c1-16(28(3)4)15-31-24-14-18(8-13-22(24)26)27-33(29,30)20-11-9-19(10-12-20)32-23-7-5-6-21(25)17(23)2/h5-14,16,27H,15H2,1-4H3. The predicted octanol–water partition coefficient (Wildman–Crippen LogP) is 6.22. The summed E-state index contributed by atoms with van der Waals surface area (Å²) in [5, 5.41) is 1.00. The van der Waals surface area contributed by atoms with Gasteiger partial charge in [0.05, 0.1) is 15.6 Å². The number of benzene rings is 3. The Kier molecular flexibility index (Phi) is 8.13. The summed E-state index contributed by atoms with van der Waals surface area (Å²) in [7, 11) is 0.0764. The Morgan fingerprint density at radius 3 is 2.33 bits per heavy atom. The lowest BCUT2D eigenvalue weighted by atomic mass is 10.2. The molecule has 0 aromatic heterocycles. The number of likely N-dealkylation sites (N-methyl/N-ethyl adjacent to an activating group) is 1. The van der Waals surface area contributed by atoms with Crippen molar-refractivity contribution in [3.8, 4) is 17.2 Å². The van der Waals surface area contributed by atoms with Gasteiger partial charge in [0, 0.05) is 22.7 Å². The van der Waals surface area contributed by atoms with Crippen molar-refractivity contribution in [2.24, 2.45) is 0 Å². The first-order chi connectivity index (χ1) is 15.6. The van der Waals surface area contributed by atoms with Gasteiger partial charge in [-0.1, -0.05) is 29.3 Å². The third-order valence-electron chi connectivity index (χ3n) is 5.12. The Hall–Kier alpha value is -2.45. The Morgan fingerprint density at radius 2 is 1.67 bits per heavy atom. The zero-order valence-electron chi connectivity index (χ0n) is 18.8. The second-order valence-electron chi connectivity index (χ2n) is 7.81. The van der Waals surface area contributed by atoms with Gasteiger partial charge in [-0.15, -0.1) is 0 Å². The van der Waals surface area contributed by atoms with E-state index in [9.17, 15) is 8.42 Å². The molecular formula is C24H26Cl2N2O4S. The number of ether oxygens (including phenoxy) is 2. The van der Waals surface area contributed by atoms with Crippen LogP contribution in [0, 0.1) is 6.92 Å². The van der Waals surface area contributed by atoms with Gasteiger partial charge in [-0.05, 0) is 76.5 Å². The fourth-order valence-corrected chi connectivity index (χ4v) is 4.15. The summed E-state index contributed by atoms with van der Waals surface area (Å²) in [6, 6.07) is 16.4. The highest BCUT2D eigenvalue weighted by molar-refractivity contribution is 7.92. The van der Waals surface area contributed by atoms with Crippen molar-refractivity contribution in [3.05, 3.63) is 76.3 Å². The van der Waals surface area contributed by atoms with Crippen LogP contribution in [0.2, 0.25) is 10.0 Å². The largest absolute Gasteiger partial charge is 0.490 e. The molecule has 0 saturated carbocycles. The second kappa shape index (κ2) is 10.7. The highest BCUT2D eigenvalue weighted by Crippen LogP contribution is 2.31. The van der Waals surface area contributed by atoms with Crippen molar-refractivity contribution in [1.29, 1.82) is 0 Å². The molecule has 1 atom stereocenters. The molecule has 0 heterocycles. The zero-order chi connectivity index (χ0) is 24.2. The molecule has 6 nitrogen and oxygen atoms in total. The normalized spacial score (nSPS) is 12.5. The first-order valence-corrected chi connectivity index (χ1v) is 12.5. The maximum Gasteiger partial charge on any atom is 0.261 e. The molecule has 3 rings (SSSR count). The number of hydrogen-bond acceptors (Lipinski definition) is 5. The third kappa shape index (κ3) is 6.54. The summed E-state index contributed by atoms with van der Waals surface area (Å²) in [5.74, 6) is 1.51. The van der Waals surface area contributed by atoms with Crippen LogP contribution in [-0.2, 0) is 10.0 Å². The first-order valence-electron chi connectivity index (χ1n) is 10.2. The van der Waals surface area contributed by atoms with Crippen molar-refractivity contribution >= 4 is 38.9 Å². The van der Waals surface area contributed by atoms with Crippen LogP contribution < -0.4 is 14.2 Å². The van der Waals surface area contributed by atoms with Gasteiger partial charge < -0.3 is 14.4 Å². The van der Waals surface area contributed by atoms with Gasteiger partial charge in [0.1, 0.15) is 23.9 Å². The lowest BCUT2D eigenvalue weighted by molar-refractivity contribution is 0.198. The van der Waals surface area contributed by atoms with Gasteiger partial charge in [0.2, 0.25) is 0 Å². The van der Waals surface area contributed by atoms with Crippen molar-refractivity contribution in [1.82, 2.24) is 4.90 Å². The van der Waals surface area contributed by atoms with E-state index < -0.39 is 10.0 Å². The minimum Gasteiger partial charge on any atom is -0.490 e. The van der Waals surface area contributed by atoms with Crippen LogP contribution in [0.15, 0.2) is 65.6 Å². The molecule has 33 heavy (non-hydrogen) atoms. The van der Waals surface area contributed by atoms with Gasteiger partial charge in [-0.25, -0.2) is 8.42 Å². The Bertz CT molecular complexity index is 1220. The summed E-state index contributed by atoms with van der Waals surface area (Å²) in [4.78, 5) is 2.11. The number of nitrogens with one attached hydrogen (secondary N) is 1. The molecule has 3 aromatic carbocycles. The van der Waals surface area contributed by atoms with Crippen LogP contribution in [0.3, 0.4) is 0 Å². The van der Waals surface area contributed by atoms with Crippen LogP contribution in [0.4, 0.5) is 5.69 Å². The molecule has 0 aliphatic heterocycles. The lowest BCUT2D eigenvalue weighted by Crippen LogP contribution is -2.30. The molecule has 0 radical (unpaired) electrons. The maximum atomic E-state index is 12.9. The van der Waals surface area contributed by atoms with Crippen LogP contribution in [0.5, 0.6) is 17.2 Å². The third-order valence-corrected chi connectivity index (χ3v) is 7.24. The zero-order valence-corrected chi connectivity index (χ0v) is 21.1. The van der Waals surface area contributed by atoms with Crippen LogP contribution in [0.1, 0.15) is 12.5 Å². The topological polar surface area (TPSA) is 67.9 Å². The van der Waals surface area contributed by atoms with E-state index in [0.29, 0.717) is 39.6 Å². The second-order valence-corrected chi connectivity index (χ2v) is 10.3. The average molecular weight is 509 g/mol. The average Bonchev–Trinajstić information content (AvgIpc) is 2.77. The number of anilines is 1. The summed E-state index contributed by atoms with van der Waals surface area (Å²) in [6.07, 6.45) is 0. The molecule has 0 fully saturated rings. The molecule has 176 valence electrons. The van der Waals surface area contributed by atoms with E-state index in [-0.39, 0.29) is 10.9 Å². The molecule has 1 N–H and O–H groups in total. The number of rotatable bonds is 9. The molecule has 0 bridgehead atoms. The molecule has 0 aliphatic rings. The Morgan fingerprint density at radius 1 is 0.970 bits per heavy atom.